The highest BCUT2D eigenvalue weighted by Crippen LogP contribution is 2.33. The third-order valence-corrected chi connectivity index (χ3v) is 6.12. The normalized spacial score (nSPS) is 17.2. The lowest BCUT2D eigenvalue weighted by molar-refractivity contribution is -0.138. The fraction of sp³-hybridized carbons (Fsp3) is 0.385. The molecule has 2 aromatic rings. The minimum Gasteiger partial charge on any atom is -0.497 e. The number of carbonyl (C=O) groups excluding carboxylic acids is 2. The van der Waals surface area contributed by atoms with Crippen LogP contribution in [0.1, 0.15) is 16.7 Å². The van der Waals surface area contributed by atoms with Gasteiger partial charge in [0.2, 0.25) is 0 Å². The Kier molecular flexibility index (Phi) is 6.70. The molecule has 33 heavy (non-hydrogen) atoms. The molecule has 2 aliphatic rings. The molecular formula is C26H31N3O4. The molecule has 0 aromatic heterocycles. The van der Waals surface area contributed by atoms with Gasteiger partial charge in [-0.15, -0.1) is 0 Å². The van der Waals surface area contributed by atoms with Crippen molar-refractivity contribution >= 4 is 17.4 Å². The van der Waals surface area contributed by atoms with Gasteiger partial charge in [0, 0.05) is 26.2 Å². The largest absolute Gasteiger partial charge is 0.497 e. The molecule has 0 saturated carbocycles. The Labute approximate surface area is 195 Å². The van der Waals surface area contributed by atoms with Crippen LogP contribution in [0.4, 0.5) is 0 Å². The molecule has 0 radical (unpaired) electrons. The fourth-order valence-corrected chi connectivity index (χ4v) is 4.38. The molecule has 0 bridgehead atoms. The number of hydrogen-bond acceptors (Lipinski definition) is 6. The average molecular weight is 450 g/mol. The van der Waals surface area contributed by atoms with Crippen LogP contribution in [0.3, 0.4) is 0 Å². The van der Waals surface area contributed by atoms with Crippen LogP contribution in [0.15, 0.2) is 48.2 Å². The number of carbonyl (C=O) groups is 2. The summed E-state index contributed by atoms with van der Waals surface area (Å²) in [5.74, 6) is 0.924. The van der Waals surface area contributed by atoms with E-state index in [1.165, 1.54) is 4.90 Å². The second kappa shape index (κ2) is 9.67. The summed E-state index contributed by atoms with van der Waals surface area (Å²) >= 11 is 0. The van der Waals surface area contributed by atoms with Crippen LogP contribution in [-0.2, 0) is 9.59 Å². The summed E-state index contributed by atoms with van der Waals surface area (Å²) < 4.78 is 11.1. The second-order valence-corrected chi connectivity index (χ2v) is 8.68. The predicted molar refractivity (Wildman–Crippen MR) is 127 cm³/mol. The summed E-state index contributed by atoms with van der Waals surface area (Å²) in [6.07, 6.45) is 0. The molecule has 2 aliphatic heterocycles. The standard InChI is InChI=1S/C26H31N3O4/c1-18-15-19(2)17-22(16-18)33-14-13-29-25(30)23(20-5-7-21(32-4)8-6-20)24(26(29)31)28-11-9-27(3)10-12-28/h5-8,15-17H,9-14H2,1-4H3. The fourth-order valence-electron chi connectivity index (χ4n) is 4.38. The maximum Gasteiger partial charge on any atom is 0.277 e. The monoisotopic (exact) mass is 449 g/mol. The summed E-state index contributed by atoms with van der Waals surface area (Å²) in [4.78, 5) is 32.5. The highest BCUT2D eigenvalue weighted by Gasteiger charge is 2.41. The van der Waals surface area contributed by atoms with Gasteiger partial charge < -0.3 is 19.3 Å². The maximum atomic E-state index is 13.5. The van der Waals surface area contributed by atoms with E-state index >= 15 is 0 Å². The van der Waals surface area contributed by atoms with Crippen molar-refractivity contribution in [3.05, 3.63) is 64.9 Å². The Bertz CT molecular complexity index is 1050. The first-order chi connectivity index (χ1) is 15.9. The summed E-state index contributed by atoms with van der Waals surface area (Å²) in [5.41, 5.74) is 3.89. The lowest BCUT2D eigenvalue weighted by Gasteiger charge is -2.34. The molecule has 1 saturated heterocycles. The first-order valence-corrected chi connectivity index (χ1v) is 11.3. The molecule has 7 heteroatoms. The van der Waals surface area contributed by atoms with Crippen LogP contribution >= 0.6 is 0 Å². The molecule has 0 atom stereocenters. The van der Waals surface area contributed by atoms with Gasteiger partial charge in [0.1, 0.15) is 23.8 Å². The second-order valence-electron chi connectivity index (χ2n) is 8.68. The van der Waals surface area contributed by atoms with Gasteiger partial charge in [-0.25, -0.2) is 0 Å². The number of benzene rings is 2. The Balaban J connectivity index is 1.57. The van der Waals surface area contributed by atoms with E-state index in [1.807, 2.05) is 55.1 Å². The number of nitrogens with zero attached hydrogens (tertiary/aromatic N) is 3. The van der Waals surface area contributed by atoms with Gasteiger partial charge in [0.25, 0.3) is 11.8 Å². The van der Waals surface area contributed by atoms with E-state index in [2.05, 4.69) is 18.0 Å². The van der Waals surface area contributed by atoms with Gasteiger partial charge >= 0.3 is 0 Å². The minimum absolute atomic E-state index is 0.196. The van der Waals surface area contributed by atoms with E-state index in [0.29, 0.717) is 30.1 Å². The molecule has 4 rings (SSSR count). The van der Waals surface area contributed by atoms with Crippen molar-refractivity contribution in [2.45, 2.75) is 13.8 Å². The number of amides is 2. The quantitative estimate of drug-likeness (QED) is 0.606. The first kappa shape index (κ1) is 22.9. The van der Waals surface area contributed by atoms with E-state index in [9.17, 15) is 9.59 Å². The number of piperazine rings is 1. The summed E-state index contributed by atoms with van der Waals surface area (Å²) in [5, 5.41) is 0. The third-order valence-electron chi connectivity index (χ3n) is 6.12. The van der Waals surface area contributed by atoms with E-state index in [-0.39, 0.29) is 25.0 Å². The highest BCUT2D eigenvalue weighted by molar-refractivity contribution is 6.35. The molecule has 0 spiro atoms. The molecule has 174 valence electrons. The summed E-state index contributed by atoms with van der Waals surface area (Å²) in [6, 6.07) is 13.3. The summed E-state index contributed by atoms with van der Waals surface area (Å²) in [6.45, 7) is 7.57. The van der Waals surface area contributed by atoms with Crippen LogP contribution in [0.2, 0.25) is 0 Å². The smallest absolute Gasteiger partial charge is 0.277 e. The number of ether oxygens (including phenoxy) is 2. The van der Waals surface area contributed by atoms with E-state index in [0.717, 1.165) is 35.5 Å². The van der Waals surface area contributed by atoms with Gasteiger partial charge in [-0.3, -0.25) is 14.5 Å². The zero-order valence-electron chi connectivity index (χ0n) is 19.8. The van der Waals surface area contributed by atoms with Crippen molar-refractivity contribution in [1.82, 2.24) is 14.7 Å². The van der Waals surface area contributed by atoms with Crippen molar-refractivity contribution in [1.29, 1.82) is 0 Å². The van der Waals surface area contributed by atoms with Crippen molar-refractivity contribution in [3.8, 4) is 11.5 Å². The van der Waals surface area contributed by atoms with Crippen LogP contribution in [-0.4, -0.2) is 80.0 Å². The van der Waals surface area contributed by atoms with Crippen LogP contribution < -0.4 is 9.47 Å². The number of hydrogen-bond donors (Lipinski definition) is 0. The van der Waals surface area contributed by atoms with Crippen molar-refractivity contribution < 1.29 is 19.1 Å². The van der Waals surface area contributed by atoms with Gasteiger partial charge in [-0.05, 0) is 61.9 Å². The molecule has 1 fully saturated rings. The number of likely N-dealkylation sites (N-methyl/N-ethyl adjacent to an activating group) is 1. The lowest BCUT2D eigenvalue weighted by atomic mass is 10.0. The Morgan fingerprint density at radius 3 is 2.09 bits per heavy atom. The minimum atomic E-state index is -0.275. The zero-order valence-corrected chi connectivity index (χ0v) is 19.8. The molecule has 0 unspecified atom stereocenters. The van der Waals surface area contributed by atoms with Crippen molar-refractivity contribution in [3.63, 3.8) is 0 Å². The predicted octanol–water partition coefficient (Wildman–Crippen LogP) is 2.72. The van der Waals surface area contributed by atoms with E-state index in [4.69, 9.17) is 9.47 Å². The Morgan fingerprint density at radius 2 is 1.48 bits per heavy atom. The van der Waals surface area contributed by atoms with Crippen molar-refractivity contribution in [2.24, 2.45) is 0 Å². The third kappa shape index (κ3) is 4.88. The molecule has 2 aromatic carbocycles. The number of methoxy groups -OCH3 is 1. The van der Waals surface area contributed by atoms with Crippen LogP contribution in [0, 0.1) is 13.8 Å². The van der Waals surface area contributed by atoms with Gasteiger partial charge in [-0.1, -0.05) is 18.2 Å². The lowest BCUT2D eigenvalue weighted by Crippen LogP contribution is -2.46. The average Bonchev–Trinajstić information content (AvgIpc) is 3.04. The van der Waals surface area contributed by atoms with Gasteiger partial charge in [0.05, 0.1) is 19.2 Å². The SMILES string of the molecule is COc1ccc(C2=C(N3CCN(C)CC3)C(=O)N(CCOc3cc(C)cc(C)c3)C2=O)cc1. The van der Waals surface area contributed by atoms with Gasteiger partial charge in [0.15, 0.2) is 0 Å². The first-order valence-electron chi connectivity index (χ1n) is 11.3. The topological polar surface area (TPSA) is 62.3 Å². The number of imide groups is 1. The Hall–Kier alpha value is -3.32. The maximum absolute atomic E-state index is 13.5. The zero-order chi connectivity index (χ0) is 23.5. The molecule has 0 aliphatic carbocycles. The number of rotatable bonds is 7. The summed E-state index contributed by atoms with van der Waals surface area (Å²) in [7, 11) is 3.67. The molecule has 0 N–H and O–H groups in total. The Morgan fingerprint density at radius 1 is 0.848 bits per heavy atom. The number of aryl methyl sites for hydroxylation is 2. The molecule has 7 nitrogen and oxygen atoms in total. The molecular weight excluding hydrogens is 418 g/mol. The molecule has 2 amide bonds. The highest BCUT2D eigenvalue weighted by atomic mass is 16.5. The van der Waals surface area contributed by atoms with Crippen molar-refractivity contribution in [2.75, 3.05) is 53.5 Å². The molecule has 2 heterocycles. The van der Waals surface area contributed by atoms with Gasteiger partial charge in [-0.2, -0.15) is 0 Å². The van der Waals surface area contributed by atoms with Crippen LogP contribution in [0.25, 0.3) is 5.57 Å². The van der Waals surface area contributed by atoms with E-state index in [1.54, 1.807) is 7.11 Å². The van der Waals surface area contributed by atoms with Crippen LogP contribution in [0.5, 0.6) is 11.5 Å². The van der Waals surface area contributed by atoms with E-state index < -0.39 is 0 Å².